The van der Waals surface area contributed by atoms with Crippen molar-refractivity contribution in [2.24, 2.45) is 0 Å². The molecule has 120 valence electrons. The van der Waals surface area contributed by atoms with E-state index >= 15 is 0 Å². The predicted molar refractivity (Wildman–Crippen MR) is 87.8 cm³/mol. The molecule has 4 aromatic rings. The normalized spacial score (nSPS) is 11.0. The van der Waals surface area contributed by atoms with Crippen LogP contribution in [0.4, 0.5) is 0 Å². The van der Waals surface area contributed by atoms with Crippen LogP contribution < -0.4 is 11.1 Å². The zero-order valence-electron chi connectivity index (χ0n) is 12.2. The molecule has 0 spiro atoms. The van der Waals surface area contributed by atoms with Crippen LogP contribution in [0, 0.1) is 0 Å². The molecule has 2 N–H and O–H groups in total. The van der Waals surface area contributed by atoms with Crippen LogP contribution in [0.3, 0.4) is 0 Å². The fraction of sp³-hybridized carbons (Fsp3) is 0.0625. The lowest BCUT2D eigenvalue weighted by Crippen LogP contribution is -2.22. The van der Waals surface area contributed by atoms with E-state index in [4.69, 9.17) is 8.83 Å². The Morgan fingerprint density at radius 2 is 2.25 bits per heavy atom. The summed E-state index contributed by atoms with van der Waals surface area (Å²) < 4.78 is 10.1. The summed E-state index contributed by atoms with van der Waals surface area (Å²) in [6.07, 6.45) is 1.45. The number of aromatic nitrogens is 2. The van der Waals surface area contributed by atoms with E-state index in [9.17, 15) is 9.59 Å². The van der Waals surface area contributed by atoms with Gasteiger partial charge in [0.15, 0.2) is 11.3 Å². The predicted octanol–water partition coefficient (Wildman–Crippen LogP) is 2.77. The van der Waals surface area contributed by atoms with Gasteiger partial charge in [0.2, 0.25) is 0 Å². The Kier molecular flexibility index (Phi) is 3.51. The third-order valence-corrected chi connectivity index (χ3v) is 4.26. The Bertz CT molecular complexity index is 1060. The molecule has 8 heteroatoms. The van der Waals surface area contributed by atoms with Gasteiger partial charge in [0.05, 0.1) is 24.0 Å². The number of thiazole rings is 1. The highest BCUT2D eigenvalue weighted by Crippen LogP contribution is 2.24. The number of benzene rings is 1. The minimum Gasteiger partial charge on any atom is -0.459 e. The summed E-state index contributed by atoms with van der Waals surface area (Å²) in [6, 6.07) is 8.64. The van der Waals surface area contributed by atoms with Gasteiger partial charge in [-0.1, -0.05) is 6.07 Å². The highest BCUT2D eigenvalue weighted by Gasteiger charge is 2.11. The molecule has 0 aliphatic rings. The quantitative estimate of drug-likeness (QED) is 0.594. The van der Waals surface area contributed by atoms with E-state index in [-0.39, 0.29) is 11.7 Å². The molecule has 0 bridgehead atoms. The van der Waals surface area contributed by atoms with Crippen molar-refractivity contribution in [2.45, 2.75) is 6.54 Å². The minimum atomic E-state index is -0.484. The molecule has 3 heterocycles. The van der Waals surface area contributed by atoms with Gasteiger partial charge in [-0.2, -0.15) is 0 Å². The van der Waals surface area contributed by atoms with Crippen LogP contribution in [0.1, 0.15) is 15.6 Å². The number of hydrogen-bond donors (Lipinski definition) is 2. The molecule has 1 amide bonds. The number of amides is 1. The van der Waals surface area contributed by atoms with E-state index in [1.807, 2.05) is 11.4 Å². The molecule has 7 nitrogen and oxygen atoms in total. The van der Waals surface area contributed by atoms with Crippen molar-refractivity contribution in [1.82, 2.24) is 15.3 Å². The maximum atomic E-state index is 11.8. The molecule has 24 heavy (non-hydrogen) atoms. The number of furan rings is 1. The topological polar surface area (TPSA) is 101 Å². The van der Waals surface area contributed by atoms with Crippen molar-refractivity contribution in [1.29, 1.82) is 0 Å². The molecular formula is C16H11N3O4S. The number of aromatic amines is 1. The largest absolute Gasteiger partial charge is 0.459 e. The first-order chi connectivity index (χ1) is 11.7. The summed E-state index contributed by atoms with van der Waals surface area (Å²) in [6.45, 7) is 0.311. The lowest BCUT2D eigenvalue weighted by molar-refractivity contribution is 0.0923. The number of hydrogen-bond acceptors (Lipinski definition) is 6. The number of rotatable bonds is 4. The van der Waals surface area contributed by atoms with Gasteiger partial charge in [0, 0.05) is 10.9 Å². The van der Waals surface area contributed by atoms with Crippen LogP contribution in [0.2, 0.25) is 0 Å². The number of nitrogens with one attached hydrogen (secondary N) is 2. The maximum Gasteiger partial charge on any atom is 0.417 e. The summed E-state index contributed by atoms with van der Waals surface area (Å²) in [5.74, 6) is -0.506. The van der Waals surface area contributed by atoms with Crippen molar-refractivity contribution >= 4 is 28.3 Å². The number of fused-ring (bicyclic) bond motifs is 1. The van der Waals surface area contributed by atoms with Gasteiger partial charge in [-0.3, -0.25) is 9.78 Å². The zero-order valence-corrected chi connectivity index (χ0v) is 13.1. The average Bonchev–Trinajstić information content (AvgIpc) is 3.31. The highest BCUT2D eigenvalue weighted by molar-refractivity contribution is 7.09. The second-order valence-corrected chi connectivity index (χ2v) is 5.95. The van der Waals surface area contributed by atoms with E-state index in [1.54, 1.807) is 24.3 Å². The standard InChI is InChI=1S/C16H11N3O4S/c20-15(12-2-1-5-22-12)17-7-14-18-11(8-24-14)9-3-4-10-13(6-9)23-16(21)19-10/h1-6,8H,7H2,(H,17,20)(H,19,21). The van der Waals surface area contributed by atoms with Crippen LogP contribution in [-0.4, -0.2) is 15.9 Å². The first-order valence-corrected chi connectivity index (χ1v) is 7.96. The van der Waals surface area contributed by atoms with Crippen molar-refractivity contribution in [3.8, 4) is 11.3 Å². The molecule has 0 aliphatic carbocycles. The van der Waals surface area contributed by atoms with Crippen LogP contribution in [0.5, 0.6) is 0 Å². The van der Waals surface area contributed by atoms with E-state index in [1.165, 1.54) is 17.6 Å². The van der Waals surface area contributed by atoms with E-state index in [0.717, 1.165) is 16.3 Å². The second-order valence-electron chi connectivity index (χ2n) is 5.01. The van der Waals surface area contributed by atoms with Gasteiger partial charge in [-0.05, 0) is 24.3 Å². The van der Waals surface area contributed by atoms with Crippen LogP contribution in [0.25, 0.3) is 22.4 Å². The van der Waals surface area contributed by atoms with E-state index in [2.05, 4.69) is 15.3 Å². The van der Waals surface area contributed by atoms with Gasteiger partial charge < -0.3 is 14.2 Å². The molecule has 1 aromatic carbocycles. The van der Waals surface area contributed by atoms with Crippen LogP contribution >= 0.6 is 11.3 Å². The number of carbonyl (C=O) groups is 1. The van der Waals surface area contributed by atoms with Crippen LogP contribution in [-0.2, 0) is 6.54 Å². The zero-order chi connectivity index (χ0) is 16.5. The summed E-state index contributed by atoms with van der Waals surface area (Å²) in [5.41, 5.74) is 2.72. The first kappa shape index (κ1) is 14.5. The fourth-order valence-corrected chi connectivity index (χ4v) is 3.02. The van der Waals surface area contributed by atoms with Gasteiger partial charge in [0.25, 0.3) is 5.91 Å². The molecular weight excluding hydrogens is 330 g/mol. The number of carbonyl (C=O) groups excluding carboxylic acids is 1. The van der Waals surface area contributed by atoms with Gasteiger partial charge >= 0.3 is 5.76 Å². The first-order valence-electron chi connectivity index (χ1n) is 7.08. The Balaban J connectivity index is 1.51. The molecule has 0 atom stereocenters. The monoisotopic (exact) mass is 341 g/mol. The number of nitrogens with zero attached hydrogens (tertiary/aromatic N) is 1. The molecule has 0 radical (unpaired) electrons. The summed E-state index contributed by atoms with van der Waals surface area (Å²) in [7, 11) is 0. The lowest BCUT2D eigenvalue weighted by atomic mass is 10.1. The average molecular weight is 341 g/mol. The SMILES string of the molecule is O=C(NCc1nc(-c2ccc3[nH]c(=O)oc3c2)cs1)c1ccco1. The molecule has 3 aromatic heterocycles. The Morgan fingerprint density at radius 3 is 3.08 bits per heavy atom. The Morgan fingerprint density at radius 1 is 1.33 bits per heavy atom. The third kappa shape index (κ3) is 2.74. The molecule has 0 fully saturated rings. The van der Waals surface area contributed by atoms with Gasteiger partial charge in [0.1, 0.15) is 5.01 Å². The van der Waals surface area contributed by atoms with Crippen molar-refractivity contribution in [3.63, 3.8) is 0 Å². The molecule has 0 unspecified atom stereocenters. The molecule has 0 saturated heterocycles. The third-order valence-electron chi connectivity index (χ3n) is 3.41. The minimum absolute atomic E-state index is 0.264. The van der Waals surface area contributed by atoms with Crippen LogP contribution in [0.15, 0.2) is 55.6 Å². The summed E-state index contributed by atoms with van der Waals surface area (Å²) in [4.78, 5) is 30.1. The van der Waals surface area contributed by atoms with E-state index in [0.29, 0.717) is 17.6 Å². The highest BCUT2D eigenvalue weighted by atomic mass is 32.1. The molecule has 0 saturated carbocycles. The van der Waals surface area contributed by atoms with Crippen molar-refractivity contribution < 1.29 is 13.6 Å². The number of H-pyrrole nitrogens is 1. The summed E-state index contributed by atoms with van der Waals surface area (Å²) in [5, 5.41) is 5.40. The fourth-order valence-electron chi connectivity index (χ4n) is 2.28. The smallest absolute Gasteiger partial charge is 0.417 e. The Hall–Kier alpha value is -3.13. The maximum absolute atomic E-state index is 11.8. The molecule has 0 aliphatic heterocycles. The molecule has 4 rings (SSSR count). The van der Waals surface area contributed by atoms with E-state index < -0.39 is 5.76 Å². The van der Waals surface area contributed by atoms with Gasteiger partial charge in [-0.25, -0.2) is 9.78 Å². The van der Waals surface area contributed by atoms with Crippen molar-refractivity contribution in [3.05, 3.63) is 63.3 Å². The summed E-state index contributed by atoms with van der Waals surface area (Å²) >= 11 is 1.44. The lowest BCUT2D eigenvalue weighted by Gasteiger charge is -1.99. The van der Waals surface area contributed by atoms with Gasteiger partial charge in [-0.15, -0.1) is 11.3 Å². The Labute approximate surface area is 138 Å². The van der Waals surface area contributed by atoms with Crippen molar-refractivity contribution in [2.75, 3.05) is 0 Å². The second kappa shape index (κ2) is 5.82. The number of oxazole rings is 1.